The Kier molecular flexibility index (Phi) is 4.19. The van der Waals surface area contributed by atoms with Crippen molar-refractivity contribution < 1.29 is 16.8 Å². The van der Waals surface area contributed by atoms with E-state index in [4.69, 9.17) is 5.73 Å². The van der Waals surface area contributed by atoms with Crippen LogP contribution in [0.4, 0.5) is 0 Å². The molecule has 0 saturated carbocycles. The minimum absolute atomic E-state index is 0.0963. The molecule has 0 bridgehead atoms. The highest BCUT2D eigenvalue weighted by molar-refractivity contribution is 7.90. The van der Waals surface area contributed by atoms with Crippen LogP contribution in [0.5, 0.6) is 0 Å². The Bertz CT molecular complexity index is 681. The Morgan fingerprint density at radius 3 is 2.15 bits per heavy atom. The standard InChI is InChI=1S/C12H18N2O4S2/c1-19(15,16)11-4-6-12(7-5-11)20(17,18)14-8-2-3-10(13)9-14/h4-7,10H,2-3,8-9,13H2,1H3/t10-/m0/s1. The fraction of sp³-hybridized carbons (Fsp3) is 0.500. The summed E-state index contributed by atoms with van der Waals surface area (Å²) in [5.41, 5.74) is 5.80. The lowest BCUT2D eigenvalue weighted by atomic mass is 10.1. The van der Waals surface area contributed by atoms with Gasteiger partial charge in [0.15, 0.2) is 9.84 Å². The Labute approximate surface area is 119 Å². The average Bonchev–Trinajstić information content (AvgIpc) is 2.38. The van der Waals surface area contributed by atoms with E-state index in [0.29, 0.717) is 13.1 Å². The van der Waals surface area contributed by atoms with Crippen molar-refractivity contribution in [1.29, 1.82) is 0 Å². The minimum atomic E-state index is -3.60. The number of benzene rings is 1. The van der Waals surface area contributed by atoms with E-state index in [1.807, 2.05) is 0 Å². The number of piperidine rings is 1. The maximum absolute atomic E-state index is 12.4. The van der Waals surface area contributed by atoms with Crippen LogP contribution in [0.3, 0.4) is 0 Å². The summed E-state index contributed by atoms with van der Waals surface area (Å²) >= 11 is 0. The molecular formula is C12H18N2O4S2. The Morgan fingerprint density at radius 1 is 1.10 bits per heavy atom. The SMILES string of the molecule is CS(=O)(=O)c1ccc(S(=O)(=O)N2CCC[C@H](N)C2)cc1. The topological polar surface area (TPSA) is 97.5 Å². The molecule has 1 aromatic rings. The lowest BCUT2D eigenvalue weighted by Crippen LogP contribution is -2.45. The van der Waals surface area contributed by atoms with Crippen LogP contribution >= 0.6 is 0 Å². The van der Waals surface area contributed by atoms with Gasteiger partial charge in [0.25, 0.3) is 0 Å². The molecule has 8 heteroatoms. The lowest BCUT2D eigenvalue weighted by molar-refractivity contribution is 0.316. The summed E-state index contributed by atoms with van der Waals surface area (Å²) in [5, 5.41) is 0. The van der Waals surface area contributed by atoms with Crippen LogP contribution < -0.4 is 5.73 Å². The number of nitrogens with two attached hydrogens (primary N) is 1. The summed E-state index contributed by atoms with van der Waals surface area (Å²) in [6.07, 6.45) is 2.64. The van der Waals surface area contributed by atoms with Crippen molar-refractivity contribution in [3.8, 4) is 0 Å². The first-order valence-electron chi connectivity index (χ1n) is 6.27. The molecule has 20 heavy (non-hydrogen) atoms. The van der Waals surface area contributed by atoms with Gasteiger partial charge in [0.05, 0.1) is 9.79 Å². The number of nitrogens with zero attached hydrogens (tertiary/aromatic N) is 1. The lowest BCUT2D eigenvalue weighted by Gasteiger charge is -2.29. The number of sulfone groups is 1. The molecule has 0 spiro atoms. The molecule has 0 amide bonds. The van der Waals surface area contributed by atoms with E-state index >= 15 is 0 Å². The second kappa shape index (κ2) is 5.44. The van der Waals surface area contributed by atoms with Crippen molar-refractivity contribution in [1.82, 2.24) is 4.31 Å². The molecule has 2 N–H and O–H groups in total. The summed E-state index contributed by atoms with van der Waals surface area (Å²) in [6, 6.07) is 5.13. The van der Waals surface area contributed by atoms with E-state index in [1.165, 1.54) is 28.6 Å². The van der Waals surface area contributed by atoms with Gasteiger partial charge in [-0.05, 0) is 37.1 Å². The molecule has 0 radical (unpaired) electrons. The van der Waals surface area contributed by atoms with Gasteiger partial charge >= 0.3 is 0 Å². The zero-order valence-electron chi connectivity index (χ0n) is 11.2. The van der Waals surface area contributed by atoms with E-state index in [-0.39, 0.29) is 15.8 Å². The summed E-state index contributed by atoms with van der Waals surface area (Å²) in [6.45, 7) is 0.750. The van der Waals surface area contributed by atoms with Crippen molar-refractivity contribution in [2.45, 2.75) is 28.7 Å². The average molecular weight is 318 g/mol. The van der Waals surface area contributed by atoms with Crippen LogP contribution in [0.25, 0.3) is 0 Å². The van der Waals surface area contributed by atoms with Crippen LogP contribution in [0.15, 0.2) is 34.1 Å². The second-order valence-corrected chi connectivity index (χ2v) is 8.96. The van der Waals surface area contributed by atoms with Gasteiger partial charge in [-0.2, -0.15) is 4.31 Å². The highest BCUT2D eigenvalue weighted by Gasteiger charge is 2.28. The third kappa shape index (κ3) is 3.20. The van der Waals surface area contributed by atoms with Crippen LogP contribution in [-0.4, -0.2) is 46.5 Å². The fourth-order valence-electron chi connectivity index (χ4n) is 2.20. The van der Waals surface area contributed by atoms with E-state index in [2.05, 4.69) is 0 Å². The third-order valence-corrected chi connectivity index (χ3v) is 6.32. The molecule has 0 unspecified atom stereocenters. The predicted molar refractivity (Wildman–Crippen MR) is 75.5 cm³/mol. The third-order valence-electron chi connectivity index (χ3n) is 3.31. The fourth-order valence-corrected chi connectivity index (χ4v) is 4.37. The van der Waals surface area contributed by atoms with Gasteiger partial charge in [-0.25, -0.2) is 16.8 Å². The van der Waals surface area contributed by atoms with Crippen LogP contribution in [0.1, 0.15) is 12.8 Å². The van der Waals surface area contributed by atoms with E-state index in [1.54, 1.807) is 0 Å². The summed E-state index contributed by atoms with van der Waals surface area (Å²) in [7, 11) is -6.93. The molecule has 112 valence electrons. The molecule has 1 aliphatic heterocycles. The van der Waals surface area contributed by atoms with Crippen molar-refractivity contribution >= 4 is 19.9 Å². The molecule has 6 nitrogen and oxygen atoms in total. The van der Waals surface area contributed by atoms with Crippen LogP contribution in [0.2, 0.25) is 0 Å². The first-order valence-corrected chi connectivity index (χ1v) is 9.60. The molecule has 1 fully saturated rings. The van der Waals surface area contributed by atoms with E-state index in [0.717, 1.165) is 19.1 Å². The molecule has 0 aliphatic carbocycles. The highest BCUT2D eigenvalue weighted by Crippen LogP contribution is 2.21. The number of hydrogen-bond acceptors (Lipinski definition) is 5. The largest absolute Gasteiger partial charge is 0.327 e. The highest BCUT2D eigenvalue weighted by atomic mass is 32.2. The van der Waals surface area contributed by atoms with Gasteiger partial charge in [0.1, 0.15) is 0 Å². The second-order valence-electron chi connectivity index (χ2n) is 5.01. The summed E-state index contributed by atoms with van der Waals surface area (Å²) in [4.78, 5) is 0.200. The van der Waals surface area contributed by atoms with Gasteiger partial charge in [0.2, 0.25) is 10.0 Å². The Hall–Kier alpha value is -0.960. The van der Waals surface area contributed by atoms with E-state index < -0.39 is 19.9 Å². The molecule has 0 aromatic heterocycles. The summed E-state index contributed by atoms with van der Waals surface area (Å²) < 4.78 is 48.9. The van der Waals surface area contributed by atoms with Crippen molar-refractivity contribution in [2.24, 2.45) is 5.73 Å². The summed E-state index contributed by atoms with van der Waals surface area (Å²) in [5.74, 6) is 0. The number of hydrogen-bond donors (Lipinski definition) is 1. The van der Waals surface area contributed by atoms with Gasteiger partial charge in [-0.1, -0.05) is 0 Å². The monoisotopic (exact) mass is 318 g/mol. The van der Waals surface area contributed by atoms with Crippen molar-refractivity contribution in [2.75, 3.05) is 19.3 Å². The smallest absolute Gasteiger partial charge is 0.243 e. The zero-order valence-corrected chi connectivity index (χ0v) is 12.8. The van der Waals surface area contributed by atoms with Crippen LogP contribution in [0, 0.1) is 0 Å². The maximum atomic E-state index is 12.4. The zero-order chi connectivity index (χ0) is 15.0. The maximum Gasteiger partial charge on any atom is 0.243 e. The predicted octanol–water partition coefficient (Wildman–Crippen LogP) is 0.202. The first-order chi connectivity index (χ1) is 9.21. The van der Waals surface area contributed by atoms with Gasteiger partial charge < -0.3 is 5.73 Å². The number of sulfonamides is 1. The first kappa shape index (κ1) is 15.4. The van der Waals surface area contributed by atoms with Gasteiger partial charge in [0, 0.05) is 25.4 Å². The minimum Gasteiger partial charge on any atom is -0.327 e. The molecule has 1 heterocycles. The van der Waals surface area contributed by atoms with Crippen molar-refractivity contribution in [3.63, 3.8) is 0 Å². The van der Waals surface area contributed by atoms with Crippen molar-refractivity contribution in [3.05, 3.63) is 24.3 Å². The van der Waals surface area contributed by atoms with E-state index in [9.17, 15) is 16.8 Å². The van der Waals surface area contributed by atoms with Gasteiger partial charge in [-0.15, -0.1) is 0 Å². The molecule has 2 rings (SSSR count). The van der Waals surface area contributed by atoms with Gasteiger partial charge in [-0.3, -0.25) is 0 Å². The Balaban J connectivity index is 2.30. The normalized spacial score (nSPS) is 21.8. The Morgan fingerprint density at radius 2 is 1.65 bits per heavy atom. The quantitative estimate of drug-likeness (QED) is 0.858. The molecule has 1 atom stereocenters. The molecule has 1 aromatic carbocycles. The number of rotatable bonds is 3. The molecule has 1 aliphatic rings. The molecule has 1 saturated heterocycles. The molecular weight excluding hydrogens is 300 g/mol. The van der Waals surface area contributed by atoms with Crippen LogP contribution in [-0.2, 0) is 19.9 Å².